The maximum Gasteiger partial charge on any atom is 0.0159 e. The van der Waals surface area contributed by atoms with Crippen LogP contribution in [0.4, 0.5) is 0 Å². The third kappa shape index (κ3) is 1.95. The van der Waals surface area contributed by atoms with Crippen LogP contribution in [0.5, 0.6) is 0 Å². The minimum Gasteiger partial charge on any atom is -0.325 e. The van der Waals surface area contributed by atoms with E-state index >= 15 is 0 Å². The molecule has 0 spiro atoms. The lowest BCUT2D eigenvalue weighted by molar-refractivity contribution is -0.00848. The first-order chi connectivity index (χ1) is 7.35. The molecule has 0 amide bonds. The van der Waals surface area contributed by atoms with E-state index in [1.54, 1.807) is 0 Å². The molecule has 0 aromatic heterocycles. The van der Waals surface area contributed by atoms with Gasteiger partial charge >= 0.3 is 0 Å². The van der Waals surface area contributed by atoms with Gasteiger partial charge in [0, 0.05) is 5.54 Å². The maximum atomic E-state index is 6.55. The van der Waals surface area contributed by atoms with Gasteiger partial charge in [-0.2, -0.15) is 0 Å². The Labute approximate surface area is 100 Å². The first-order valence-electron chi connectivity index (χ1n) is 6.79. The zero-order chi connectivity index (χ0) is 12.0. The third-order valence-corrected chi connectivity index (χ3v) is 5.38. The minimum absolute atomic E-state index is 0.0567. The van der Waals surface area contributed by atoms with Crippen LogP contribution in [0.2, 0.25) is 0 Å². The van der Waals surface area contributed by atoms with Gasteiger partial charge in [-0.15, -0.1) is 0 Å². The molecule has 1 heteroatoms. The van der Waals surface area contributed by atoms with E-state index in [1.165, 1.54) is 44.1 Å². The number of hydrogen-bond acceptors (Lipinski definition) is 1. The van der Waals surface area contributed by atoms with Crippen LogP contribution < -0.4 is 5.73 Å². The van der Waals surface area contributed by atoms with Crippen molar-refractivity contribution in [2.75, 3.05) is 0 Å². The standard InChI is InChI=1S/C15H27N/c1-11(2)12-6-9-14(3)7-5-8-15(4,16)13(14)10-12/h12-13H,1,5-10,16H2,2-4H3/t12-,13-,14-,15-/m1/s1. The summed E-state index contributed by atoms with van der Waals surface area (Å²) in [6, 6.07) is 0. The molecule has 2 saturated carbocycles. The van der Waals surface area contributed by atoms with E-state index in [2.05, 4.69) is 27.4 Å². The molecular weight excluding hydrogens is 194 g/mol. The molecule has 92 valence electrons. The predicted octanol–water partition coefficient (Wildman–Crippen LogP) is 3.89. The van der Waals surface area contributed by atoms with Gasteiger partial charge in [0.25, 0.3) is 0 Å². The number of nitrogens with two attached hydrogens (primary N) is 1. The van der Waals surface area contributed by atoms with Crippen molar-refractivity contribution in [1.29, 1.82) is 0 Å². The molecular formula is C15H27N. The van der Waals surface area contributed by atoms with E-state index in [1.807, 2.05) is 0 Å². The van der Waals surface area contributed by atoms with Gasteiger partial charge in [0.2, 0.25) is 0 Å². The number of fused-ring (bicyclic) bond motifs is 1. The van der Waals surface area contributed by atoms with Crippen molar-refractivity contribution < 1.29 is 0 Å². The van der Waals surface area contributed by atoms with Crippen LogP contribution >= 0.6 is 0 Å². The summed E-state index contributed by atoms with van der Waals surface area (Å²) in [5.41, 5.74) is 8.48. The van der Waals surface area contributed by atoms with Gasteiger partial charge in [0.15, 0.2) is 0 Å². The second-order valence-corrected chi connectivity index (χ2v) is 6.88. The fraction of sp³-hybridized carbons (Fsp3) is 0.867. The van der Waals surface area contributed by atoms with Crippen LogP contribution in [-0.4, -0.2) is 5.54 Å². The molecule has 0 aromatic carbocycles. The zero-order valence-electron chi connectivity index (χ0n) is 11.2. The van der Waals surface area contributed by atoms with Crippen LogP contribution in [0, 0.1) is 17.3 Å². The zero-order valence-corrected chi connectivity index (χ0v) is 11.2. The maximum absolute atomic E-state index is 6.55. The first-order valence-corrected chi connectivity index (χ1v) is 6.79. The number of hydrogen-bond donors (Lipinski definition) is 1. The molecule has 2 aliphatic rings. The normalized spacial score (nSPS) is 48.5. The fourth-order valence-electron chi connectivity index (χ4n) is 4.22. The Morgan fingerprint density at radius 3 is 2.56 bits per heavy atom. The highest BCUT2D eigenvalue weighted by atomic mass is 14.8. The second-order valence-electron chi connectivity index (χ2n) is 6.88. The van der Waals surface area contributed by atoms with Crippen molar-refractivity contribution in [2.45, 2.75) is 64.8 Å². The van der Waals surface area contributed by atoms with E-state index in [0.29, 0.717) is 11.3 Å². The van der Waals surface area contributed by atoms with Crippen LogP contribution in [-0.2, 0) is 0 Å². The molecule has 4 atom stereocenters. The van der Waals surface area contributed by atoms with Gasteiger partial charge in [-0.3, -0.25) is 0 Å². The average Bonchev–Trinajstić information content (AvgIpc) is 2.15. The summed E-state index contributed by atoms with van der Waals surface area (Å²) in [5.74, 6) is 1.42. The summed E-state index contributed by atoms with van der Waals surface area (Å²) in [5, 5.41) is 0. The number of rotatable bonds is 1. The van der Waals surface area contributed by atoms with E-state index in [-0.39, 0.29) is 5.54 Å². The van der Waals surface area contributed by atoms with Crippen LogP contribution in [0.3, 0.4) is 0 Å². The van der Waals surface area contributed by atoms with Crippen LogP contribution in [0.15, 0.2) is 12.2 Å². The van der Waals surface area contributed by atoms with Crippen LogP contribution in [0.1, 0.15) is 59.3 Å². The van der Waals surface area contributed by atoms with E-state index in [4.69, 9.17) is 5.73 Å². The van der Waals surface area contributed by atoms with Crippen LogP contribution in [0.25, 0.3) is 0 Å². The highest BCUT2D eigenvalue weighted by Gasteiger charge is 2.49. The fourth-order valence-corrected chi connectivity index (χ4v) is 4.22. The average molecular weight is 221 g/mol. The largest absolute Gasteiger partial charge is 0.325 e. The van der Waals surface area contributed by atoms with E-state index in [0.717, 1.165) is 5.92 Å². The van der Waals surface area contributed by atoms with Gasteiger partial charge < -0.3 is 5.73 Å². The summed E-state index contributed by atoms with van der Waals surface area (Å²) in [7, 11) is 0. The quantitative estimate of drug-likeness (QED) is 0.668. The SMILES string of the molecule is C=C(C)[C@@H]1CC[C@@]2(C)CCC[C@@](C)(N)[C@@H]2C1. The van der Waals surface area contributed by atoms with Gasteiger partial charge in [-0.05, 0) is 63.2 Å². The molecule has 16 heavy (non-hydrogen) atoms. The first kappa shape index (κ1) is 12.2. The lowest BCUT2D eigenvalue weighted by Crippen LogP contribution is -2.56. The van der Waals surface area contributed by atoms with Gasteiger partial charge in [0.1, 0.15) is 0 Å². The Balaban J connectivity index is 2.21. The summed E-state index contributed by atoms with van der Waals surface area (Å²) in [4.78, 5) is 0. The van der Waals surface area contributed by atoms with Crippen molar-refractivity contribution in [2.24, 2.45) is 23.0 Å². The molecule has 0 saturated heterocycles. The number of allylic oxidation sites excluding steroid dienone is 1. The van der Waals surface area contributed by atoms with Gasteiger partial charge in [-0.25, -0.2) is 0 Å². The molecule has 2 N–H and O–H groups in total. The summed E-state index contributed by atoms with van der Waals surface area (Å²) >= 11 is 0. The van der Waals surface area contributed by atoms with Crippen molar-refractivity contribution in [3.8, 4) is 0 Å². The topological polar surface area (TPSA) is 26.0 Å². The lowest BCUT2D eigenvalue weighted by atomic mass is 9.52. The Hall–Kier alpha value is -0.300. The van der Waals surface area contributed by atoms with Crippen molar-refractivity contribution in [3.05, 3.63) is 12.2 Å². The molecule has 0 unspecified atom stereocenters. The Kier molecular flexibility index (Phi) is 2.94. The molecule has 0 radical (unpaired) electrons. The Bertz CT molecular complexity index is 292. The molecule has 2 rings (SSSR count). The van der Waals surface area contributed by atoms with E-state index in [9.17, 15) is 0 Å². The predicted molar refractivity (Wildman–Crippen MR) is 70.2 cm³/mol. The van der Waals surface area contributed by atoms with Crippen molar-refractivity contribution in [1.82, 2.24) is 0 Å². The second kappa shape index (κ2) is 3.87. The third-order valence-electron chi connectivity index (χ3n) is 5.38. The van der Waals surface area contributed by atoms with Gasteiger partial charge in [0.05, 0.1) is 0 Å². The monoisotopic (exact) mass is 221 g/mol. The lowest BCUT2D eigenvalue weighted by Gasteiger charge is -2.55. The molecule has 1 nitrogen and oxygen atoms in total. The molecule has 2 fully saturated rings. The highest BCUT2D eigenvalue weighted by molar-refractivity contribution is 5.08. The molecule has 2 aliphatic carbocycles. The molecule has 0 bridgehead atoms. The molecule has 0 aliphatic heterocycles. The van der Waals surface area contributed by atoms with Crippen molar-refractivity contribution in [3.63, 3.8) is 0 Å². The summed E-state index contributed by atoms with van der Waals surface area (Å²) < 4.78 is 0. The Morgan fingerprint density at radius 2 is 1.94 bits per heavy atom. The highest BCUT2D eigenvalue weighted by Crippen LogP contribution is 2.55. The Morgan fingerprint density at radius 1 is 1.25 bits per heavy atom. The van der Waals surface area contributed by atoms with Gasteiger partial charge in [-0.1, -0.05) is 25.5 Å². The smallest absolute Gasteiger partial charge is 0.0159 e. The molecule has 0 heterocycles. The van der Waals surface area contributed by atoms with Crippen molar-refractivity contribution >= 4 is 0 Å². The summed E-state index contributed by atoms with van der Waals surface area (Å²) in [6.45, 7) is 11.1. The molecule has 0 aromatic rings. The summed E-state index contributed by atoms with van der Waals surface area (Å²) in [6.07, 6.45) is 7.86. The minimum atomic E-state index is 0.0567. The van der Waals surface area contributed by atoms with E-state index < -0.39 is 0 Å².